The van der Waals surface area contributed by atoms with E-state index in [-0.39, 0.29) is 0 Å². The van der Waals surface area contributed by atoms with Crippen LogP contribution in [0.4, 0.5) is 0 Å². The molecule has 0 saturated carbocycles. The zero-order chi connectivity index (χ0) is 19.8. The summed E-state index contributed by atoms with van der Waals surface area (Å²) in [5.74, 6) is 0. The van der Waals surface area contributed by atoms with Gasteiger partial charge in [-0.1, -0.05) is 18.2 Å². The largest absolute Gasteiger partial charge is 0.338 e. The molecule has 0 bridgehead atoms. The van der Waals surface area contributed by atoms with Crippen molar-refractivity contribution in [3.63, 3.8) is 0 Å². The van der Waals surface area contributed by atoms with E-state index < -0.39 is 0 Å². The first-order valence-corrected chi connectivity index (χ1v) is 9.87. The molecule has 6 heteroatoms. The summed E-state index contributed by atoms with van der Waals surface area (Å²) in [4.78, 5) is 16.9. The van der Waals surface area contributed by atoms with Gasteiger partial charge in [-0.3, -0.25) is 4.90 Å². The number of fused-ring (bicyclic) bond motifs is 3. The molecule has 29 heavy (non-hydrogen) atoms. The number of hydrogen-bond donors (Lipinski definition) is 1. The second-order valence-electron chi connectivity index (χ2n) is 7.75. The van der Waals surface area contributed by atoms with Crippen molar-refractivity contribution >= 4 is 21.9 Å². The maximum absolute atomic E-state index is 9.17. The number of pyridine rings is 2. The predicted octanol–water partition coefficient (Wildman–Crippen LogP) is 3.40. The highest BCUT2D eigenvalue weighted by Crippen LogP contribution is 2.29. The number of aromatic amines is 1. The Morgan fingerprint density at radius 2 is 1.86 bits per heavy atom. The second-order valence-corrected chi connectivity index (χ2v) is 7.75. The maximum atomic E-state index is 9.17. The van der Waals surface area contributed by atoms with Gasteiger partial charge < -0.3 is 9.88 Å². The molecule has 4 aromatic rings. The highest BCUT2D eigenvalue weighted by atomic mass is 15.2. The molecule has 0 atom stereocenters. The van der Waals surface area contributed by atoms with Crippen LogP contribution in [0.2, 0.25) is 0 Å². The van der Waals surface area contributed by atoms with E-state index in [1.54, 1.807) is 6.20 Å². The monoisotopic (exact) mass is 382 g/mol. The van der Waals surface area contributed by atoms with Gasteiger partial charge in [0, 0.05) is 55.3 Å². The number of rotatable bonds is 3. The van der Waals surface area contributed by atoms with Gasteiger partial charge in [-0.2, -0.15) is 5.26 Å². The third kappa shape index (κ3) is 3.46. The van der Waals surface area contributed by atoms with Crippen LogP contribution in [-0.2, 0) is 6.54 Å². The lowest BCUT2D eigenvalue weighted by Gasteiger charge is -2.32. The van der Waals surface area contributed by atoms with Crippen LogP contribution in [0, 0.1) is 11.3 Å². The molecule has 1 aliphatic heterocycles. The first-order chi connectivity index (χ1) is 14.2. The summed E-state index contributed by atoms with van der Waals surface area (Å²) in [7, 11) is 2.18. The van der Waals surface area contributed by atoms with Crippen molar-refractivity contribution in [3.05, 3.63) is 60.0 Å². The molecule has 3 aromatic heterocycles. The molecule has 1 aliphatic rings. The van der Waals surface area contributed by atoms with Crippen LogP contribution in [0.3, 0.4) is 0 Å². The van der Waals surface area contributed by atoms with Crippen LogP contribution >= 0.6 is 0 Å². The average Bonchev–Trinajstić information content (AvgIpc) is 3.12. The van der Waals surface area contributed by atoms with Gasteiger partial charge in [-0.25, -0.2) is 9.97 Å². The topological polar surface area (TPSA) is 71.8 Å². The van der Waals surface area contributed by atoms with E-state index >= 15 is 0 Å². The van der Waals surface area contributed by atoms with Crippen molar-refractivity contribution in [1.82, 2.24) is 24.8 Å². The molecule has 0 radical (unpaired) electrons. The molecular formula is C23H22N6. The van der Waals surface area contributed by atoms with Crippen molar-refractivity contribution in [3.8, 4) is 17.2 Å². The predicted molar refractivity (Wildman–Crippen MR) is 114 cm³/mol. The second kappa shape index (κ2) is 7.28. The van der Waals surface area contributed by atoms with Crippen LogP contribution in [0.5, 0.6) is 0 Å². The van der Waals surface area contributed by atoms with E-state index in [0.717, 1.165) is 65.8 Å². The smallest absolute Gasteiger partial charge is 0.141 e. The standard InChI is InChI=1S/C23H22N6/c1-28-5-7-29(8-6-28)15-16-3-2-4-17(9-16)18-10-21-20-11-19(12-24)25-14-22(20)27-23(21)26-13-18/h2-4,9-11,13-14H,5-8,15H2,1H3,(H,26,27). The van der Waals surface area contributed by atoms with E-state index in [1.807, 2.05) is 12.3 Å². The maximum Gasteiger partial charge on any atom is 0.141 e. The van der Waals surface area contributed by atoms with Gasteiger partial charge in [0.15, 0.2) is 0 Å². The SMILES string of the molecule is CN1CCN(Cc2cccc(-c3cnc4[nH]c5cnc(C#N)cc5c4c3)c2)CC1. The van der Waals surface area contributed by atoms with E-state index in [0.29, 0.717) is 5.69 Å². The lowest BCUT2D eigenvalue weighted by atomic mass is 10.0. The third-order valence-corrected chi connectivity index (χ3v) is 5.71. The summed E-state index contributed by atoms with van der Waals surface area (Å²) in [5, 5.41) is 11.2. The van der Waals surface area contributed by atoms with E-state index in [2.05, 4.69) is 68.2 Å². The number of benzene rings is 1. The molecule has 1 N–H and O–H groups in total. The normalized spacial score (nSPS) is 15.7. The van der Waals surface area contributed by atoms with Gasteiger partial charge in [-0.05, 0) is 36.4 Å². The van der Waals surface area contributed by atoms with Gasteiger partial charge >= 0.3 is 0 Å². The lowest BCUT2D eigenvalue weighted by Crippen LogP contribution is -2.43. The average molecular weight is 382 g/mol. The molecule has 1 fully saturated rings. The molecule has 1 saturated heterocycles. The van der Waals surface area contributed by atoms with E-state index in [4.69, 9.17) is 0 Å². The van der Waals surface area contributed by atoms with Crippen molar-refractivity contribution in [2.24, 2.45) is 0 Å². The molecule has 0 amide bonds. The minimum absolute atomic E-state index is 0.415. The summed E-state index contributed by atoms with van der Waals surface area (Å²) in [5.41, 5.74) is 5.69. The van der Waals surface area contributed by atoms with Crippen molar-refractivity contribution in [2.45, 2.75) is 6.54 Å². The Bertz CT molecular complexity index is 1230. The zero-order valence-corrected chi connectivity index (χ0v) is 16.4. The van der Waals surface area contributed by atoms with Gasteiger partial charge in [0.05, 0.1) is 11.7 Å². The summed E-state index contributed by atoms with van der Waals surface area (Å²) < 4.78 is 0. The number of hydrogen-bond acceptors (Lipinski definition) is 5. The van der Waals surface area contributed by atoms with Crippen LogP contribution in [0.25, 0.3) is 33.1 Å². The fraction of sp³-hybridized carbons (Fsp3) is 0.261. The zero-order valence-electron chi connectivity index (χ0n) is 16.4. The van der Waals surface area contributed by atoms with Crippen LogP contribution in [-0.4, -0.2) is 58.0 Å². The summed E-state index contributed by atoms with van der Waals surface area (Å²) in [6.45, 7) is 5.44. The minimum Gasteiger partial charge on any atom is -0.338 e. The highest BCUT2D eigenvalue weighted by Gasteiger charge is 2.14. The quantitative estimate of drug-likeness (QED) is 0.588. The van der Waals surface area contributed by atoms with Crippen LogP contribution < -0.4 is 0 Å². The van der Waals surface area contributed by atoms with E-state index in [9.17, 15) is 5.26 Å². The van der Waals surface area contributed by atoms with Gasteiger partial charge in [0.1, 0.15) is 17.4 Å². The van der Waals surface area contributed by atoms with Gasteiger partial charge in [0.2, 0.25) is 0 Å². The molecule has 144 valence electrons. The van der Waals surface area contributed by atoms with Crippen molar-refractivity contribution in [1.29, 1.82) is 5.26 Å². The third-order valence-electron chi connectivity index (χ3n) is 5.71. The summed E-state index contributed by atoms with van der Waals surface area (Å²) in [6.07, 6.45) is 3.61. The number of nitriles is 1. The fourth-order valence-corrected chi connectivity index (χ4v) is 4.01. The number of H-pyrrole nitrogens is 1. The van der Waals surface area contributed by atoms with Crippen LogP contribution in [0.1, 0.15) is 11.3 Å². The number of piperazine rings is 1. The Balaban J connectivity index is 1.48. The Labute approximate surface area is 169 Å². The summed E-state index contributed by atoms with van der Waals surface area (Å²) in [6, 6.07) is 14.8. The molecule has 5 rings (SSSR count). The molecule has 0 unspecified atom stereocenters. The van der Waals surface area contributed by atoms with E-state index in [1.165, 1.54) is 5.56 Å². The summed E-state index contributed by atoms with van der Waals surface area (Å²) >= 11 is 0. The number of likely N-dealkylation sites (N-methyl/N-ethyl adjacent to an activating group) is 1. The Morgan fingerprint density at radius 1 is 1.00 bits per heavy atom. The molecule has 0 aliphatic carbocycles. The molecular weight excluding hydrogens is 360 g/mol. The molecule has 1 aromatic carbocycles. The first kappa shape index (κ1) is 17.8. The number of aromatic nitrogens is 3. The van der Waals surface area contributed by atoms with Gasteiger partial charge in [0.25, 0.3) is 0 Å². The fourth-order valence-electron chi connectivity index (χ4n) is 4.01. The Morgan fingerprint density at radius 3 is 2.69 bits per heavy atom. The van der Waals surface area contributed by atoms with Crippen molar-refractivity contribution < 1.29 is 0 Å². The Hall–Kier alpha value is -3.27. The highest BCUT2D eigenvalue weighted by molar-refractivity contribution is 6.06. The van der Waals surface area contributed by atoms with Gasteiger partial charge in [-0.15, -0.1) is 0 Å². The molecule has 6 nitrogen and oxygen atoms in total. The van der Waals surface area contributed by atoms with Crippen molar-refractivity contribution in [2.75, 3.05) is 33.2 Å². The van der Waals surface area contributed by atoms with Crippen LogP contribution in [0.15, 0.2) is 48.8 Å². The minimum atomic E-state index is 0.415. The Kier molecular flexibility index (Phi) is 4.47. The first-order valence-electron chi connectivity index (χ1n) is 9.87. The molecule has 4 heterocycles. The number of nitrogens with zero attached hydrogens (tertiary/aromatic N) is 5. The lowest BCUT2D eigenvalue weighted by molar-refractivity contribution is 0.148. The molecule has 0 spiro atoms. The number of nitrogens with one attached hydrogen (secondary N) is 1.